The number of anilines is 2. The van der Waals surface area contributed by atoms with Crippen molar-refractivity contribution in [3.05, 3.63) is 11.8 Å². The Morgan fingerprint density at radius 2 is 2.20 bits per heavy atom. The van der Waals surface area contributed by atoms with E-state index in [1.165, 1.54) is 0 Å². The van der Waals surface area contributed by atoms with Gasteiger partial charge < -0.3 is 15.4 Å². The van der Waals surface area contributed by atoms with Gasteiger partial charge in [0.1, 0.15) is 5.82 Å². The number of hydrogen-bond donors (Lipinski definition) is 1. The maximum absolute atomic E-state index is 12.7. The second-order valence-corrected chi connectivity index (χ2v) is 4.88. The Labute approximate surface area is 114 Å². The summed E-state index contributed by atoms with van der Waals surface area (Å²) in [6, 6.07) is 0.950. The lowest BCUT2D eigenvalue weighted by Gasteiger charge is -2.33. The molecule has 1 aromatic heterocycles. The van der Waals surface area contributed by atoms with Crippen LogP contribution in [0.25, 0.3) is 0 Å². The fourth-order valence-electron chi connectivity index (χ4n) is 2.40. The van der Waals surface area contributed by atoms with E-state index in [1.54, 1.807) is 12.0 Å². The summed E-state index contributed by atoms with van der Waals surface area (Å²) >= 11 is 0. The highest BCUT2D eigenvalue weighted by atomic mass is 19.4. The second kappa shape index (κ2) is 5.82. The van der Waals surface area contributed by atoms with E-state index in [1.807, 2.05) is 0 Å². The van der Waals surface area contributed by atoms with Crippen molar-refractivity contribution in [1.82, 2.24) is 9.97 Å². The van der Waals surface area contributed by atoms with Crippen LogP contribution in [0.5, 0.6) is 0 Å². The molecule has 0 bridgehead atoms. The highest BCUT2D eigenvalue weighted by Crippen LogP contribution is 2.31. The van der Waals surface area contributed by atoms with Gasteiger partial charge in [-0.15, -0.1) is 0 Å². The number of nitrogen functional groups attached to an aromatic ring is 1. The van der Waals surface area contributed by atoms with Crippen LogP contribution >= 0.6 is 0 Å². The van der Waals surface area contributed by atoms with Gasteiger partial charge in [0, 0.05) is 26.3 Å². The van der Waals surface area contributed by atoms with Gasteiger partial charge in [0.05, 0.1) is 6.61 Å². The molecule has 0 aliphatic carbocycles. The molecule has 2 heterocycles. The van der Waals surface area contributed by atoms with E-state index in [2.05, 4.69) is 9.97 Å². The van der Waals surface area contributed by atoms with Gasteiger partial charge in [0.2, 0.25) is 5.95 Å². The maximum atomic E-state index is 12.7. The molecule has 1 atom stereocenters. The number of hydrogen-bond acceptors (Lipinski definition) is 5. The number of alkyl halides is 3. The van der Waals surface area contributed by atoms with Crippen molar-refractivity contribution in [2.24, 2.45) is 5.92 Å². The second-order valence-electron chi connectivity index (χ2n) is 4.88. The van der Waals surface area contributed by atoms with E-state index < -0.39 is 11.9 Å². The third-order valence-electron chi connectivity index (χ3n) is 3.27. The van der Waals surface area contributed by atoms with Crippen LogP contribution in [-0.4, -0.2) is 36.8 Å². The summed E-state index contributed by atoms with van der Waals surface area (Å²) in [4.78, 5) is 8.97. The van der Waals surface area contributed by atoms with Crippen LogP contribution in [0.2, 0.25) is 0 Å². The van der Waals surface area contributed by atoms with Crippen LogP contribution in [0.1, 0.15) is 18.5 Å². The highest BCUT2D eigenvalue weighted by Gasteiger charge is 2.34. The van der Waals surface area contributed by atoms with Crippen molar-refractivity contribution in [1.29, 1.82) is 0 Å². The first-order valence-electron chi connectivity index (χ1n) is 6.36. The van der Waals surface area contributed by atoms with Gasteiger partial charge in [-0.25, -0.2) is 4.98 Å². The Morgan fingerprint density at radius 1 is 1.45 bits per heavy atom. The van der Waals surface area contributed by atoms with Gasteiger partial charge in [0.15, 0.2) is 5.69 Å². The van der Waals surface area contributed by atoms with Gasteiger partial charge in [-0.05, 0) is 18.8 Å². The first kappa shape index (κ1) is 14.8. The van der Waals surface area contributed by atoms with E-state index in [9.17, 15) is 13.2 Å². The summed E-state index contributed by atoms with van der Waals surface area (Å²) in [5.74, 6) is 0.161. The summed E-state index contributed by atoms with van der Waals surface area (Å²) in [7, 11) is 1.61. The van der Waals surface area contributed by atoms with Crippen molar-refractivity contribution in [2.45, 2.75) is 19.0 Å². The Morgan fingerprint density at radius 3 is 2.85 bits per heavy atom. The Bertz CT molecular complexity index is 465. The number of piperidine rings is 1. The van der Waals surface area contributed by atoms with Crippen molar-refractivity contribution in [3.8, 4) is 0 Å². The predicted molar refractivity (Wildman–Crippen MR) is 68.3 cm³/mol. The van der Waals surface area contributed by atoms with Gasteiger partial charge >= 0.3 is 6.18 Å². The zero-order chi connectivity index (χ0) is 14.8. The molecule has 0 saturated carbocycles. The maximum Gasteiger partial charge on any atom is 0.433 e. The Hall–Kier alpha value is -1.57. The standard InChI is InChI=1S/C12H17F3N4O/c1-20-7-8-3-2-4-19(6-8)10-5-9(12(13,14)15)17-11(16)18-10/h5,8H,2-4,6-7H2,1H3,(H2,16,17,18). The summed E-state index contributed by atoms with van der Waals surface area (Å²) in [5.41, 5.74) is 4.38. The quantitative estimate of drug-likeness (QED) is 0.921. The van der Waals surface area contributed by atoms with Gasteiger partial charge in [-0.3, -0.25) is 0 Å². The average molecular weight is 290 g/mol. The molecular formula is C12H17F3N4O. The molecule has 112 valence electrons. The third-order valence-corrected chi connectivity index (χ3v) is 3.27. The topological polar surface area (TPSA) is 64.3 Å². The largest absolute Gasteiger partial charge is 0.433 e. The Balaban J connectivity index is 2.21. The average Bonchev–Trinajstić information content (AvgIpc) is 2.38. The molecule has 0 spiro atoms. The number of nitrogens with two attached hydrogens (primary N) is 1. The molecule has 0 aromatic carbocycles. The number of nitrogens with zero attached hydrogens (tertiary/aromatic N) is 3. The lowest BCUT2D eigenvalue weighted by Crippen LogP contribution is -2.38. The first-order chi connectivity index (χ1) is 9.40. The third kappa shape index (κ3) is 3.50. The minimum absolute atomic E-state index is 0.227. The zero-order valence-corrected chi connectivity index (χ0v) is 11.2. The molecule has 8 heteroatoms. The molecule has 1 fully saturated rings. The molecule has 2 N–H and O–H groups in total. The number of aromatic nitrogens is 2. The zero-order valence-electron chi connectivity index (χ0n) is 11.2. The van der Waals surface area contributed by atoms with Crippen molar-refractivity contribution < 1.29 is 17.9 Å². The fourth-order valence-corrected chi connectivity index (χ4v) is 2.40. The van der Waals surface area contributed by atoms with Crippen LogP contribution in [0.3, 0.4) is 0 Å². The Kier molecular flexibility index (Phi) is 4.32. The normalized spacial score (nSPS) is 20.2. The molecule has 5 nitrogen and oxygen atoms in total. The molecule has 1 aromatic rings. The summed E-state index contributed by atoms with van der Waals surface area (Å²) < 4.78 is 43.3. The molecule has 0 radical (unpaired) electrons. The van der Waals surface area contributed by atoms with Gasteiger partial charge in [-0.1, -0.05) is 0 Å². The first-order valence-corrected chi connectivity index (χ1v) is 6.36. The van der Waals surface area contributed by atoms with Crippen molar-refractivity contribution in [2.75, 3.05) is 37.4 Å². The monoisotopic (exact) mass is 290 g/mol. The fraction of sp³-hybridized carbons (Fsp3) is 0.667. The van der Waals surface area contributed by atoms with Crippen LogP contribution in [-0.2, 0) is 10.9 Å². The molecule has 1 aliphatic rings. The predicted octanol–water partition coefficient (Wildman–Crippen LogP) is 1.94. The number of rotatable bonds is 3. The van der Waals surface area contributed by atoms with E-state index in [-0.39, 0.29) is 11.8 Å². The van der Waals surface area contributed by atoms with Gasteiger partial charge in [-0.2, -0.15) is 18.2 Å². The molecule has 1 saturated heterocycles. The number of ether oxygens (including phenoxy) is 1. The van der Waals surface area contributed by atoms with Crippen LogP contribution in [0.4, 0.5) is 24.9 Å². The minimum atomic E-state index is -4.52. The summed E-state index contributed by atoms with van der Waals surface area (Å²) in [6.45, 7) is 1.86. The summed E-state index contributed by atoms with van der Waals surface area (Å²) in [5, 5.41) is 0. The van der Waals surface area contributed by atoms with E-state index in [4.69, 9.17) is 10.5 Å². The molecule has 20 heavy (non-hydrogen) atoms. The molecule has 1 unspecified atom stereocenters. The number of halogens is 3. The van der Waals surface area contributed by atoms with Crippen LogP contribution < -0.4 is 10.6 Å². The lowest BCUT2D eigenvalue weighted by atomic mass is 9.99. The van der Waals surface area contributed by atoms with Crippen molar-refractivity contribution >= 4 is 11.8 Å². The van der Waals surface area contributed by atoms with Crippen LogP contribution in [0.15, 0.2) is 6.07 Å². The minimum Gasteiger partial charge on any atom is -0.384 e. The lowest BCUT2D eigenvalue weighted by molar-refractivity contribution is -0.141. The summed E-state index contributed by atoms with van der Waals surface area (Å²) in [6.07, 6.45) is -2.64. The molecule has 2 rings (SSSR count). The molecule has 1 aliphatic heterocycles. The highest BCUT2D eigenvalue weighted by molar-refractivity contribution is 5.44. The molecular weight excluding hydrogens is 273 g/mol. The molecule has 0 amide bonds. The van der Waals surface area contributed by atoms with Crippen molar-refractivity contribution in [3.63, 3.8) is 0 Å². The smallest absolute Gasteiger partial charge is 0.384 e. The van der Waals surface area contributed by atoms with E-state index in [0.717, 1.165) is 18.9 Å². The SMILES string of the molecule is COCC1CCCN(c2cc(C(F)(F)F)nc(N)n2)C1. The van der Waals surface area contributed by atoms with Gasteiger partial charge in [0.25, 0.3) is 0 Å². The van der Waals surface area contributed by atoms with E-state index in [0.29, 0.717) is 25.6 Å². The van der Waals surface area contributed by atoms with Crippen LogP contribution in [0, 0.1) is 5.92 Å². The van der Waals surface area contributed by atoms with E-state index >= 15 is 0 Å². The number of methoxy groups -OCH3 is 1.